The van der Waals surface area contributed by atoms with Crippen LogP contribution in [0.2, 0.25) is 0 Å². The largest absolute Gasteiger partial charge is 0.496 e. The fourth-order valence-electron chi connectivity index (χ4n) is 4.51. The molecular weight excluding hydrogens is 362 g/mol. The van der Waals surface area contributed by atoms with E-state index in [1.165, 1.54) is 12.0 Å². The summed E-state index contributed by atoms with van der Waals surface area (Å²) in [6, 6.07) is 10.5. The number of aromatic amines is 1. The Bertz CT molecular complexity index is 1020. The van der Waals surface area contributed by atoms with Crippen molar-refractivity contribution < 1.29 is 9.53 Å². The number of carbonyl (C=O) groups excluding carboxylic acids is 1. The van der Waals surface area contributed by atoms with E-state index in [0.717, 1.165) is 53.0 Å². The molecule has 152 valence electrons. The first-order chi connectivity index (χ1) is 14.0. The van der Waals surface area contributed by atoms with E-state index in [4.69, 9.17) is 4.74 Å². The first-order valence-electron chi connectivity index (χ1n) is 10.3. The van der Waals surface area contributed by atoms with Gasteiger partial charge in [0, 0.05) is 23.7 Å². The number of hydrogen-bond donors (Lipinski definition) is 1. The van der Waals surface area contributed by atoms with Crippen molar-refractivity contribution in [3.63, 3.8) is 0 Å². The molecule has 1 aliphatic rings. The molecule has 1 aliphatic heterocycles. The highest BCUT2D eigenvalue weighted by Gasteiger charge is 2.29. The van der Waals surface area contributed by atoms with Gasteiger partial charge in [-0.25, -0.2) is 4.98 Å². The molecule has 0 unspecified atom stereocenters. The van der Waals surface area contributed by atoms with Gasteiger partial charge in [-0.05, 0) is 56.3 Å². The number of rotatable bonds is 5. The van der Waals surface area contributed by atoms with Crippen LogP contribution in [0.5, 0.6) is 5.75 Å². The van der Waals surface area contributed by atoms with Crippen molar-refractivity contribution in [3.05, 3.63) is 58.9 Å². The van der Waals surface area contributed by atoms with Gasteiger partial charge in [-0.1, -0.05) is 31.2 Å². The molecule has 1 N–H and O–H groups in total. The standard InChI is InChI=1S/C24H29N3O2/c1-15-9-10-27(21(11-15)19-7-5-18(6-8-19)17(3)28)13-20-22(29-4)12-16(2)23-24(20)26-14-25-23/h5-8,12,14-15,21H,9-11,13H2,1-4H3,(H,25,26)/t15-,21+/m1/s1. The van der Waals surface area contributed by atoms with Crippen LogP contribution in [-0.2, 0) is 6.54 Å². The van der Waals surface area contributed by atoms with Gasteiger partial charge in [0.05, 0.1) is 24.5 Å². The minimum Gasteiger partial charge on any atom is -0.496 e. The first-order valence-corrected chi connectivity index (χ1v) is 10.3. The highest BCUT2D eigenvalue weighted by Crippen LogP contribution is 2.38. The van der Waals surface area contributed by atoms with Gasteiger partial charge in [-0.3, -0.25) is 9.69 Å². The molecule has 0 bridgehead atoms. The van der Waals surface area contributed by atoms with Crippen LogP contribution in [0, 0.1) is 12.8 Å². The summed E-state index contributed by atoms with van der Waals surface area (Å²) in [6.45, 7) is 7.84. The molecule has 4 rings (SSSR count). The minimum atomic E-state index is 0.108. The molecule has 29 heavy (non-hydrogen) atoms. The second-order valence-corrected chi connectivity index (χ2v) is 8.29. The summed E-state index contributed by atoms with van der Waals surface area (Å²) >= 11 is 0. The molecule has 0 saturated carbocycles. The maximum atomic E-state index is 11.7. The number of nitrogens with zero attached hydrogens (tertiary/aromatic N) is 2. The van der Waals surface area contributed by atoms with Gasteiger partial charge in [0.15, 0.2) is 5.78 Å². The number of hydrogen-bond acceptors (Lipinski definition) is 4. The molecule has 1 saturated heterocycles. The third-order valence-corrected chi connectivity index (χ3v) is 6.22. The Labute approximate surface area is 172 Å². The number of piperidine rings is 1. The average Bonchev–Trinajstić information content (AvgIpc) is 3.21. The third kappa shape index (κ3) is 3.79. The number of carbonyl (C=O) groups is 1. The van der Waals surface area contributed by atoms with Gasteiger partial charge in [-0.2, -0.15) is 0 Å². The lowest BCUT2D eigenvalue weighted by Crippen LogP contribution is -2.36. The van der Waals surface area contributed by atoms with Crippen LogP contribution < -0.4 is 4.74 Å². The van der Waals surface area contributed by atoms with Crippen molar-refractivity contribution in [3.8, 4) is 5.75 Å². The highest BCUT2D eigenvalue weighted by molar-refractivity contribution is 5.94. The summed E-state index contributed by atoms with van der Waals surface area (Å²) in [5, 5.41) is 0. The number of Topliss-reactive ketones (excluding diaryl/α,β-unsaturated/α-hetero) is 1. The van der Waals surface area contributed by atoms with Crippen molar-refractivity contribution >= 4 is 16.8 Å². The smallest absolute Gasteiger partial charge is 0.159 e. The van der Waals surface area contributed by atoms with Crippen LogP contribution >= 0.6 is 0 Å². The van der Waals surface area contributed by atoms with E-state index in [9.17, 15) is 4.79 Å². The monoisotopic (exact) mass is 391 g/mol. The van der Waals surface area contributed by atoms with E-state index >= 15 is 0 Å². The Morgan fingerprint density at radius 2 is 2.07 bits per heavy atom. The fourth-order valence-corrected chi connectivity index (χ4v) is 4.51. The Kier molecular flexibility index (Phi) is 5.41. The number of ketones is 1. The maximum Gasteiger partial charge on any atom is 0.159 e. The van der Waals surface area contributed by atoms with Gasteiger partial charge in [0.2, 0.25) is 0 Å². The molecule has 2 heterocycles. The topological polar surface area (TPSA) is 58.2 Å². The second-order valence-electron chi connectivity index (χ2n) is 8.29. The lowest BCUT2D eigenvalue weighted by Gasteiger charge is -2.39. The molecule has 1 aromatic heterocycles. The quantitative estimate of drug-likeness (QED) is 0.618. The van der Waals surface area contributed by atoms with Gasteiger partial charge in [0.25, 0.3) is 0 Å². The molecule has 1 fully saturated rings. The molecule has 0 radical (unpaired) electrons. The van der Waals surface area contributed by atoms with E-state index in [2.05, 4.69) is 46.9 Å². The normalized spacial score (nSPS) is 20.1. The number of ether oxygens (including phenoxy) is 1. The first kappa shape index (κ1) is 19.6. The molecule has 0 amide bonds. The SMILES string of the molecule is COc1cc(C)c2nc[nH]c2c1CN1CC[C@@H](C)C[C@H]1c1ccc(C(C)=O)cc1. The van der Waals surface area contributed by atoms with Gasteiger partial charge < -0.3 is 9.72 Å². The van der Waals surface area contributed by atoms with Crippen molar-refractivity contribution in [1.29, 1.82) is 0 Å². The second kappa shape index (κ2) is 7.99. The van der Waals surface area contributed by atoms with Crippen LogP contribution in [0.15, 0.2) is 36.7 Å². The van der Waals surface area contributed by atoms with E-state index in [1.54, 1.807) is 20.4 Å². The van der Waals surface area contributed by atoms with Crippen LogP contribution in [0.1, 0.15) is 59.8 Å². The number of benzene rings is 2. The summed E-state index contributed by atoms with van der Waals surface area (Å²) in [4.78, 5) is 22.0. The third-order valence-electron chi connectivity index (χ3n) is 6.22. The zero-order valence-corrected chi connectivity index (χ0v) is 17.7. The van der Waals surface area contributed by atoms with Crippen LogP contribution in [0.4, 0.5) is 0 Å². The Morgan fingerprint density at radius 1 is 1.31 bits per heavy atom. The van der Waals surface area contributed by atoms with Crippen molar-refractivity contribution in [2.75, 3.05) is 13.7 Å². The fraction of sp³-hybridized carbons (Fsp3) is 0.417. The Morgan fingerprint density at radius 3 is 2.76 bits per heavy atom. The van der Waals surface area contributed by atoms with E-state index < -0.39 is 0 Å². The molecule has 0 spiro atoms. The number of aryl methyl sites for hydroxylation is 1. The Hall–Kier alpha value is -2.66. The summed E-state index contributed by atoms with van der Waals surface area (Å²) in [6.07, 6.45) is 4.05. The summed E-state index contributed by atoms with van der Waals surface area (Å²) in [5.74, 6) is 1.69. The maximum absolute atomic E-state index is 11.7. The van der Waals surface area contributed by atoms with Crippen LogP contribution in [0.25, 0.3) is 11.0 Å². The zero-order chi connectivity index (χ0) is 20.5. The molecular formula is C24H29N3O2. The lowest BCUT2D eigenvalue weighted by molar-refractivity contribution is 0.101. The summed E-state index contributed by atoms with van der Waals surface area (Å²) in [5.41, 5.74) is 6.38. The van der Waals surface area contributed by atoms with E-state index in [0.29, 0.717) is 12.0 Å². The predicted octanol–water partition coefficient (Wildman–Crippen LogP) is 5.06. The molecule has 3 aromatic rings. The molecule has 5 heteroatoms. The number of aromatic nitrogens is 2. The summed E-state index contributed by atoms with van der Waals surface area (Å²) < 4.78 is 5.74. The van der Waals surface area contributed by atoms with Gasteiger partial charge >= 0.3 is 0 Å². The van der Waals surface area contributed by atoms with Gasteiger partial charge in [-0.15, -0.1) is 0 Å². The minimum absolute atomic E-state index is 0.108. The number of methoxy groups -OCH3 is 1. The highest BCUT2D eigenvalue weighted by atomic mass is 16.5. The van der Waals surface area contributed by atoms with E-state index in [-0.39, 0.29) is 5.78 Å². The average molecular weight is 392 g/mol. The number of H-pyrrole nitrogens is 1. The number of fused-ring (bicyclic) bond motifs is 1. The van der Waals surface area contributed by atoms with Gasteiger partial charge in [0.1, 0.15) is 5.75 Å². The summed E-state index contributed by atoms with van der Waals surface area (Å²) in [7, 11) is 1.73. The van der Waals surface area contributed by atoms with Crippen LogP contribution in [0.3, 0.4) is 0 Å². The Balaban J connectivity index is 1.69. The van der Waals surface area contributed by atoms with Crippen molar-refractivity contribution in [2.24, 2.45) is 5.92 Å². The number of likely N-dealkylation sites (tertiary alicyclic amines) is 1. The zero-order valence-electron chi connectivity index (χ0n) is 17.7. The molecule has 2 aromatic carbocycles. The number of imidazole rings is 1. The number of nitrogens with one attached hydrogen (secondary N) is 1. The van der Waals surface area contributed by atoms with Crippen LogP contribution in [-0.4, -0.2) is 34.3 Å². The van der Waals surface area contributed by atoms with Crippen molar-refractivity contribution in [2.45, 2.75) is 46.2 Å². The molecule has 2 atom stereocenters. The van der Waals surface area contributed by atoms with Crippen molar-refractivity contribution in [1.82, 2.24) is 14.9 Å². The molecule has 0 aliphatic carbocycles. The lowest BCUT2D eigenvalue weighted by atomic mass is 9.87. The predicted molar refractivity (Wildman–Crippen MR) is 115 cm³/mol. The molecule has 5 nitrogen and oxygen atoms in total. The van der Waals surface area contributed by atoms with E-state index in [1.807, 2.05) is 12.1 Å².